The molecule has 2 aromatic rings. The summed E-state index contributed by atoms with van der Waals surface area (Å²) in [5.41, 5.74) is 2.80. The molecule has 0 bridgehead atoms. The highest BCUT2D eigenvalue weighted by Gasteiger charge is 2.17. The van der Waals surface area contributed by atoms with Gasteiger partial charge in [0.15, 0.2) is 0 Å². The standard InChI is InChI=1S/C20H23ClN2O2/c1-13(2)15-6-10-18(11-7-15)23-20(25)12-19(22-14(3)24)16-4-8-17(21)9-5-16/h4-11,13,19H,12H2,1-3H3,(H,22,24)(H,23,25). The number of benzene rings is 2. The molecule has 1 atom stereocenters. The van der Waals surface area contributed by atoms with Gasteiger partial charge >= 0.3 is 0 Å². The lowest BCUT2D eigenvalue weighted by molar-refractivity contribution is -0.120. The third-order valence-electron chi connectivity index (χ3n) is 3.90. The summed E-state index contributed by atoms with van der Waals surface area (Å²) in [6.07, 6.45) is 0.146. The molecule has 0 radical (unpaired) electrons. The van der Waals surface area contributed by atoms with Crippen molar-refractivity contribution in [3.8, 4) is 0 Å². The van der Waals surface area contributed by atoms with Gasteiger partial charge in [0.25, 0.3) is 0 Å². The monoisotopic (exact) mass is 358 g/mol. The van der Waals surface area contributed by atoms with Crippen LogP contribution in [0.3, 0.4) is 0 Å². The van der Waals surface area contributed by atoms with Gasteiger partial charge in [0, 0.05) is 17.6 Å². The lowest BCUT2D eigenvalue weighted by atomic mass is 10.0. The molecule has 0 aromatic heterocycles. The van der Waals surface area contributed by atoms with Crippen molar-refractivity contribution in [1.82, 2.24) is 5.32 Å². The Morgan fingerprint density at radius 3 is 2.04 bits per heavy atom. The lowest BCUT2D eigenvalue weighted by Gasteiger charge is -2.18. The molecule has 2 aromatic carbocycles. The summed E-state index contributed by atoms with van der Waals surface area (Å²) in [6.45, 7) is 5.68. The smallest absolute Gasteiger partial charge is 0.226 e. The summed E-state index contributed by atoms with van der Waals surface area (Å²) in [5.74, 6) is 0.0961. The molecule has 132 valence electrons. The van der Waals surface area contributed by atoms with Gasteiger partial charge in [0.1, 0.15) is 0 Å². The number of halogens is 1. The molecule has 0 saturated heterocycles. The Hall–Kier alpha value is -2.33. The van der Waals surface area contributed by atoms with E-state index in [-0.39, 0.29) is 18.2 Å². The molecule has 0 aliphatic heterocycles. The second-order valence-electron chi connectivity index (χ2n) is 6.33. The second-order valence-corrected chi connectivity index (χ2v) is 6.77. The first-order valence-corrected chi connectivity index (χ1v) is 8.65. The molecule has 0 aliphatic rings. The predicted octanol–water partition coefficient (Wildman–Crippen LogP) is 4.67. The molecule has 0 heterocycles. The van der Waals surface area contributed by atoms with E-state index >= 15 is 0 Å². The molecule has 2 amide bonds. The lowest BCUT2D eigenvalue weighted by Crippen LogP contribution is -2.29. The van der Waals surface area contributed by atoms with Crippen LogP contribution in [0.25, 0.3) is 0 Å². The largest absolute Gasteiger partial charge is 0.349 e. The maximum Gasteiger partial charge on any atom is 0.226 e. The Kier molecular flexibility index (Phi) is 6.59. The van der Waals surface area contributed by atoms with Gasteiger partial charge in [-0.25, -0.2) is 0 Å². The average Bonchev–Trinajstić information content (AvgIpc) is 2.55. The summed E-state index contributed by atoms with van der Waals surface area (Å²) >= 11 is 5.90. The average molecular weight is 359 g/mol. The first-order chi connectivity index (χ1) is 11.8. The summed E-state index contributed by atoms with van der Waals surface area (Å²) in [6, 6.07) is 14.5. The molecule has 0 fully saturated rings. The molecule has 0 saturated carbocycles. The molecule has 0 spiro atoms. The minimum Gasteiger partial charge on any atom is -0.349 e. The van der Waals surface area contributed by atoms with E-state index in [1.165, 1.54) is 12.5 Å². The van der Waals surface area contributed by atoms with Crippen molar-refractivity contribution in [2.45, 2.75) is 39.2 Å². The number of carbonyl (C=O) groups excluding carboxylic acids is 2. The van der Waals surface area contributed by atoms with Crippen LogP contribution in [0, 0.1) is 0 Å². The predicted molar refractivity (Wildman–Crippen MR) is 102 cm³/mol. The van der Waals surface area contributed by atoms with Gasteiger partial charge in [-0.3, -0.25) is 9.59 Å². The van der Waals surface area contributed by atoms with E-state index in [1.807, 2.05) is 36.4 Å². The van der Waals surface area contributed by atoms with Gasteiger partial charge in [-0.2, -0.15) is 0 Å². The SMILES string of the molecule is CC(=O)NC(CC(=O)Nc1ccc(C(C)C)cc1)c1ccc(Cl)cc1. The minimum absolute atomic E-state index is 0.146. The van der Waals surface area contributed by atoms with Crippen LogP contribution in [-0.2, 0) is 9.59 Å². The van der Waals surface area contributed by atoms with Gasteiger partial charge in [0.2, 0.25) is 11.8 Å². The number of hydrogen-bond acceptors (Lipinski definition) is 2. The van der Waals surface area contributed by atoms with Gasteiger partial charge in [-0.05, 0) is 41.3 Å². The molecule has 2 rings (SSSR count). The van der Waals surface area contributed by atoms with Crippen molar-refractivity contribution < 1.29 is 9.59 Å². The zero-order chi connectivity index (χ0) is 18.4. The van der Waals surface area contributed by atoms with Crippen molar-refractivity contribution >= 4 is 29.1 Å². The zero-order valence-electron chi connectivity index (χ0n) is 14.7. The van der Waals surface area contributed by atoms with Crippen molar-refractivity contribution in [3.05, 3.63) is 64.7 Å². The molecule has 4 nitrogen and oxygen atoms in total. The van der Waals surface area contributed by atoms with Crippen LogP contribution in [0.1, 0.15) is 50.3 Å². The number of amides is 2. The van der Waals surface area contributed by atoms with Gasteiger partial charge in [-0.1, -0.05) is 49.7 Å². The summed E-state index contributed by atoms with van der Waals surface area (Å²) in [7, 11) is 0. The Morgan fingerprint density at radius 1 is 0.960 bits per heavy atom. The Balaban J connectivity index is 2.05. The van der Waals surface area contributed by atoms with Crippen LogP contribution in [0.2, 0.25) is 5.02 Å². The van der Waals surface area contributed by atoms with Crippen molar-refractivity contribution in [1.29, 1.82) is 0 Å². The second kappa shape index (κ2) is 8.67. The summed E-state index contributed by atoms with van der Waals surface area (Å²) < 4.78 is 0. The molecule has 5 heteroatoms. The third-order valence-corrected chi connectivity index (χ3v) is 4.15. The maximum absolute atomic E-state index is 12.4. The maximum atomic E-state index is 12.4. The van der Waals surface area contributed by atoms with Crippen LogP contribution >= 0.6 is 11.6 Å². The highest BCUT2D eigenvalue weighted by Crippen LogP contribution is 2.21. The van der Waals surface area contributed by atoms with Crippen LogP contribution in [0.5, 0.6) is 0 Å². The molecule has 25 heavy (non-hydrogen) atoms. The quantitative estimate of drug-likeness (QED) is 0.788. The number of anilines is 1. The fourth-order valence-corrected chi connectivity index (χ4v) is 2.67. The van der Waals surface area contributed by atoms with E-state index in [2.05, 4.69) is 24.5 Å². The Labute approximate surface area is 153 Å². The fraction of sp³-hybridized carbons (Fsp3) is 0.300. The van der Waals surface area contributed by atoms with Crippen LogP contribution in [0.4, 0.5) is 5.69 Å². The zero-order valence-corrected chi connectivity index (χ0v) is 15.4. The molecule has 2 N–H and O–H groups in total. The first kappa shape index (κ1) is 19.0. The first-order valence-electron chi connectivity index (χ1n) is 8.27. The van der Waals surface area contributed by atoms with Gasteiger partial charge in [0.05, 0.1) is 12.5 Å². The Bertz CT molecular complexity index is 724. The highest BCUT2D eigenvalue weighted by molar-refractivity contribution is 6.30. The Morgan fingerprint density at radius 2 is 1.52 bits per heavy atom. The molecule has 0 aliphatic carbocycles. The van der Waals surface area contributed by atoms with Crippen molar-refractivity contribution in [3.63, 3.8) is 0 Å². The van der Waals surface area contributed by atoms with E-state index in [1.54, 1.807) is 12.1 Å². The van der Waals surface area contributed by atoms with E-state index in [0.29, 0.717) is 10.9 Å². The van der Waals surface area contributed by atoms with Crippen LogP contribution in [0.15, 0.2) is 48.5 Å². The van der Waals surface area contributed by atoms with Gasteiger partial charge in [-0.15, -0.1) is 0 Å². The normalized spacial score (nSPS) is 11.9. The van der Waals surface area contributed by atoms with Crippen LogP contribution < -0.4 is 10.6 Å². The van der Waals surface area contributed by atoms with Crippen molar-refractivity contribution in [2.24, 2.45) is 0 Å². The van der Waals surface area contributed by atoms with E-state index in [9.17, 15) is 9.59 Å². The number of carbonyl (C=O) groups is 2. The van der Waals surface area contributed by atoms with Gasteiger partial charge < -0.3 is 10.6 Å². The van der Waals surface area contributed by atoms with Crippen LogP contribution in [-0.4, -0.2) is 11.8 Å². The van der Waals surface area contributed by atoms with Crippen molar-refractivity contribution in [2.75, 3.05) is 5.32 Å². The number of hydrogen-bond donors (Lipinski definition) is 2. The highest BCUT2D eigenvalue weighted by atomic mass is 35.5. The van der Waals surface area contributed by atoms with E-state index < -0.39 is 6.04 Å². The third kappa shape index (κ3) is 5.91. The summed E-state index contributed by atoms with van der Waals surface area (Å²) in [4.78, 5) is 23.8. The number of rotatable bonds is 6. The molecule has 1 unspecified atom stereocenters. The molecular formula is C20H23ClN2O2. The summed E-state index contributed by atoms with van der Waals surface area (Å²) in [5, 5.41) is 6.30. The topological polar surface area (TPSA) is 58.2 Å². The fourth-order valence-electron chi connectivity index (χ4n) is 2.54. The minimum atomic E-state index is -0.398. The van der Waals surface area contributed by atoms with E-state index in [4.69, 9.17) is 11.6 Å². The molecular weight excluding hydrogens is 336 g/mol. The number of nitrogens with one attached hydrogen (secondary N) is 2. The van der Waals surface area contributed by atoms with E-state index in [0.717, 1.165) is 11.3 Å².